The van der Waals surface area contributed by atoms with E-state index < -0.39 is 0 Å². The van der Waals surface area contributed by atoms with Crippen LogP contribution in [-0.2, 0) is 0 Å². The second-order valence-corrected chi connectivity index (χ2v) is 10.2. The maximum Gasteiger partial charge on any atom is 0.00886 e. The van der Waals surface area contributed by atoms with E-state index in [1.165, 1.54) is 154 Å². The van der Waals surface area contributed by atoms with Gasteiger partial charge in [0.1, 0.15) is 0 Å². The largest absolute Gasteiger partial charge is 0.103 e. The second-order valence-electron chi connectivity index (χ2n) is 10.2. The highest BCUT2D eigenvalue weighted by atomic mass is 14.0. The first-order valence-corrected chi connectivity index (χ1v) is 14.9. The lowest BCUT2D eigenvalue weighted by Crippen LogP contribution is -1.84. The fourth-order valence-electron chi connectivity index (χ4n) is 4.74. The van der Waals surface area contributed by atoms with Crippen LogP contribution in [0.25, 0.3) is 0 Å². The maximum atomic E-state index is 3.41. The van der Waals surface area contributed by atoms with Gasteiger partial charge in [-0.3, -0.25) is 0 Å². The number of hydrogen-bond donors (Lipinski definition) is 0. The highest BCUT2D eigenvalue weighted by Crippen LogP contribution is 2.14. The van der Waals surface area contributed by atoms with Crippen LogP contribution < -0.4 is 0 Å². The van der Waals surface area contributed by atoms with Crippen molar-refractivity contribution in [2.45, 2.75) is 180 Å². The monoisotopic (exact) mass is 440 g/mol. The molecular weight excluding hydrogens is 384 g/mol. The van der Waals surface area contributed by atoms with Gasteiger partial charge in [-0.1, -0.05) is 128 Å². The van der Waals surface area contributed by atoms with E-state index in [2.05, 4.69) is 23.7 Å². The van der Waals surface area contributed by atoms with Gasteiger partial charge < -0.3 is 0 Å². The molecule has 0 fully saturated rings. The Labute approximate surface area is 203 Å². The van der Waals surface area contributed by atoms with E-state index in [1.54, 1.807) is 0 Å². The smallest absolute Gasteiger partial charge is 0.00886 e. The van der Waals surface area contributed by atoms with Crippen LogP contribution in [0.3, 0.4) is 0 Å². The Hall–Kier alpha value is -0.880. The van der Waals surface area contributed by atoms with Crippen molar-refractivity contribution < 1.29 is 0 Å². The molecule has 0 aromatic carbocycles. The normalized spacial score (nSPS) is 22.0. The van der Waals surface area contributed by atoms with E-state index in [-0.39, 0.29) is 0 Å². The van der Waals surface area contributed by atoms with Crippen molar-refractivity contribution in [3.63, 3.8) is 0 Å². The van der Waals surface area contributed by atoms with E-state index in [1.807, 2.05) is 0 Å². The van der Waals surface area contributed by atoms with Crippen LogP contribution in [0.1, 0.15) is 180 Å². The lowest BCUT2D eigenvalue weighted by Gasteiger charge is -2.03. The topological polar surface area (TPSA) is 0 Å². The standard InChI is InChI=1S/C32H56/c1-2-4-6-8-10-12-14-16-18-20-22-24-26-28-30-32-31-29-27-25-23-21-19-17-15-13-11-9-7-5-3-1/h1-16,21-32H2. The van der Waals surface area contributed by atoms with E-state index >= 15 is 0 Å². The lowest BCUT2D eigenvalue weighted by atomic mass is 10.0. The third-order valence-corrected chi connectivity index (χ3v) is 6.96. The Balaban J connectivity index is 2.09. The fraction of sp³-hybridized carbons (Fsp3) is 0.875. The maximum absolute atomic E-state index is 3.41. The summed E-state index contributed by atoms with van der Waals surface area (Å²) in [4.78, 5) is 0. The molecule has 0 saturated heterocycles. The molecule has 1 aliphatic carbocycles. The van der Waals surface area contributed by atoms with Gasteiger partial charge in [-0.2, -0.15) is 0 Å². The lowest BCUT2D eigenvalue weighted by molar-refractivity contribution is 0.535. The SMILES string of the molecule is C1#CCCCCCCCCCCCCCCCCC#CCCCCCCCCCCCC1. The fourth-order valence-corrected chi connectivity index (χ4v) is 4.74. The summed E-state index contributed by atoms with van der Waals surface area (Å²) in [5, 5.41) is 0. The minimum absolute atomic E-state index is 1.13. The van der Waals surface area contributed by atoms with Gasteiger partial charge in [0.15, 0.2) is 0 Å². The van der Waals surface area contributed by atoms with Crippen molar-refractivity contribution in [3.8, 4) is 23.7 Å². The van der Waals surface area contributed by atoms with Gasteiger partial charge in [0.2, 0.25) is 0 Å². The van der Waals surface area contributed by atoms with E-state index in [0.29, 0.717) is 0 Å². The van der Waals surface area contributed by atoms with Gasteiger partial charge in [0.25, 0.3) is 0 Å². The quantitative estimate of drug-likeness (QED) is 0.328. The van der Waals surface area contributed by atoms with Crippen LogP contribution in [0, 0.1) is 23.7 Å². The van der Waals surface area contributed by atoms with Gasteiger partial charge in [-0.05, 0) is 25.7 Å². The van der Waals surface area contributed by atoms with Crippen molar-refractivity contribution >= 4 is 0 Å². The number of hydrogen-bond acceptors (Lipinski definition) is 0. The first-order valence-electron chi connectivity index (χ1n) is 14.9. The van der Waals surface area contributed by atoms with Crippen LogP contribution >= 0.6 is 0 Å². The van der Waals surface area contributed by atoms with E-state index in [9.17, 15) is 0 Å². The highest BCUT2D eigenvalue weighted by Gasteiger charge is 1.95. The first-order chi connectivity index (χ1) is 16.0. The molecule has 0 unspecified atom stereocenters. The molecule has 0 bridgehead atoms. The van der Waals surface area contributed by atoms with Gasteiger partial charge in [0.05, 0.1) is 0 Å². The minimum atomic E-state index is 1.13. The average Bonchev–Trinajstić information content (AvgIpc) is 2.80. The molecule has 0 aromatic heterocycles. The summed E-state index contributed by atoms with van der Waals surface area (Å²) in [5.41, 5.74) is 0. The third-order valence-electron chi connectivity index (χ3n) is 6.96. The molecule has 0 amide bonds. The molecular formula is C32H56. The van der Waals surface area contributed by atoms with Crippen molar-refractivity contribution in [1.29, 1.82) is 0 Å². The predicted molar refractivity (Wildman–Crippen MR) is 145 cm³/mol. The molecule has 1 rings (SSSR count). The molecule has 1 aliphatic rings. The summed E-state index contributed by atoms with van der Waals surface area (Å²) in [6, 6.07) is 0. The van der Waals surface area contributed by atoms with Crippen LogP contribution in [0.15, 0.2) is 0 Å². The number of rotatable bonds is 0. The molecule has 32 heavy (non-hydrogen) atoms. The summed E-state index contributed by atoms with van der Waals surface area (Å²) in [5.74, 6) is 13.7. The summed E-state index contributed by atoms with van der Waals surface area (Å²) in [7, 11) is 0. The van der Waals surface area contributed by atoms with Crippen molar-refractivity contribution in [3.05, 3.63) is 0 Å². The summed E-state index contributed by atoms with van der Waals surface area (Å²) < 4.78 is 0. The zero-order valence-electron chi connectivity index (χ0n) is 21.8. The molecule has 0 saturated carbocycles. The van der Waals surface area contributed by atoms with Crippen molar-refractivity contribution in [2.75, 3.05) is 0 Å². The Kier molecular flexibility index (Phi) is 24.0. The van der Waals surface area contributed by atoms with Gasteiger partial charge in [0, 0.05) is 25.7 Å². The zero-order valence-corrected chi connectivity index (χ0v) is 21.8. The Morgan fingerprint density at radius 3 is 0.438 bits per heavy atom. The molecule has 0 radical (unpaired) electrons. The van der Waals surface area contributed by atoms with E-state index in [4.69, 9.17) is 0 Å². The van der Waals surface area contributed by atoms with Crippen LogP contribution in [-0.4, -0.2) is 0 Å². The van der Waals surface area contributed by atoms with Crippen molar-refractivity contribution in [2.24, 2.45) is 0 Å². The predicted octanol–water partition coefficient (Wildman–Crippen LogP) is 10.9. The van der Waals surface area contributed by atoms with Gasteiger partial charge in [-0.25, -0.2) is 0 Å². The van der Waals surface area contributed by atoms with Crippen LogP contribution in [0.5, 0.6) is 0 Å². The summed E-state index contributed by atoms with van der Waals surface area (Å²) >= 11 is 0. The third kappa shape index (κ3) is 23.8. The zero-order chi connectivity index (χ0) is 22.6. The molecule has 0 spiro atoms. The van der Waals surface area contributed by atoms with Crippen LogP contribution in [0.4, 0.5) is 0 Å². The molecule has 0 heteroatoms. The Morgan fingerprint density at radius 1 is 0.156 bits per heavy atom. The Morgan fingerprint density at radius 2 is 0.281 bits per heavy atom. The molecule has 0 atom stereocenters. The minimum Gasteiger partial charge on any atom is -0.103 e. The highest BCUT2D eigenvalue weighted by molar-refractivity contribution is 4.99. The van der Waals surface area contributed by atoms with Crippen molar-refractivity contribution in [1.82, 2.24) is 0 Å². The first kappa shape index (κ1) is 29.2. The second kappa shape index (κ2) is 26.4. The average molecular weight is 441 g/mol. The molecule has 184 valence electrons. The van der Waals surface area contributed by atoms with E-state index in [0.717, 1.165) is 25.7 Å². The Bertz CT molecular complexity index is 434. The molecule has 0 nitrogen and oxygen atoms in total. The summed E-state index contributed by atoms with van der Waals surface area (Å²) in [6.45, 7) is 0. The molecule has 0 heterocycles. The van der Waals surface area contributed by atoms with Crippen LogP contribution in [0.2, 0.25) is 0 Å². The summed E-state index contributed by atoms with van der Waals surface area (Å²) in [6.07, 6.45) is 38.3. The van der Waals surface area contributed by atoms with Gasteiger partial charge >= 0.3 is 0 Å². The van der Waals surface area contributed by atoms with Gasteiger partial charge in [-0.15, -0.1) is 23.7 Å². The molecule has 0 aliphatic heterocycles. The molecule has 0 N–H and O–H groups in total. The molecule has 0 aromatic rings.